The van der Waals surface area contributed by atoms with E-state index < -0.39 is 6.23 Å². The minimum atomic E-state index is -0.630. The second kappa shape index (κ2) is 12.9. The molecule has 0 aromatic heterocycles. The fraction of sp³-hybridized carbons (Fsp3) is 0.500. The van der Waals surface area contributed by atoms with Crippen LogP contribution in [0.15, 0.2) is 36.4 Å². The van der Waals surface area contributed by atoms with Crippen LogP contribution in [0.3, 0.4) is 0 Å². The monoisotopic (exact) mass is 547 g/mol. The highest BCUT2D eigenvalue weighted by molar-refractivity contribution is 6.43. The number of carbonyl (C=O) groups excluding carboxylic acids is 2. The summed E-state index contributed by atoms with van der Waals surface area (Å²) in [6, 6.07) is 11.6. The third-order valence-corrected chi connectivity index (χ3v) is 7.80. The summed E-state index contributed by atoms with van der Waals surface area (Å²) in [7, 11) is 0. The molecule has 0 saturated carbocycles. The highest BCUT2D eigenvalue weighted by atomic mass is 35.5. The lowest BCUT2D eigenvalue weighted by molar-refractivity contribution is -0.138. The number of piperazine rings is 1. The Hall–Kier alpha value is -2.48. The maximum atomic E-state index is 12.7. The normalized spacial score (nSPS) is 17.1. The number of amides is 1. The Bertz CT molecular complexity index is 1090. The van der Waals surface area contributed by atoms with E-state index in [9.17, 15) is 9.59 Å². The molecule has 1 atom stereocenters. The quantitative estimate of drug-likeness (QED) is 0.277. The summed E-state index contributed by atoms with van der Waals surface area (Å²) >= 11 is 12.6. The van der Waals surface area contributed by atoms with E-state index in [1.165, 1.54) is 0 Å². The first-order valence-electron chi connectivity index (χ1n) is 13.0. The van der Waals surface area contributed by atoms with Gasteiger partial charge >= 0.3 is 0 Å². The lowest BCUT2D eigenvalue weighted by atomic mass is 9.99. The van der Waals surface area contributed by atoms with Gasteiger partial charge in [0.15, 0.2) is 6.23 Å². The lowest BCUT2D eigenvalue weighted by Gasteiger charge is -2.36. The predicted octanol–water partition coefficient (Wildman–Crippen LogP) is 5.41. The summed E-state index contributed by atoms with van der Waals surface area (Å²) in [5, 5.41) is 1.22. The number of halogens is 2. The first-order valence-corrected chi connectivity index (χ1v) is 13.7. The van der Waals surface area contributed by atoms with E-state index in [1.807, 2.05) is 50.2 Å². The van der Waals surface area contributed by atoms with Crippen molar-refractivity contribution in [2.45, 2.75) is 45.8 Å². The van der Waals surface area contributed by atoms with Gasteiger partial charge in [0, 0.05) is 44.6 Å². The van der Waals surface area contributed by atoms with Gasteiger partial charge in [-0.2, -0.15) is 0 Å². The molecule has 0 aliphatic carbocycles. The highest BCUT2D eigenvalue weighted by Gasteiger charge is 2.33. The van der Waals surface area contributed by atoms with Crippen LogP contribution in [0.1, 0.15) is 38.7 Å². The molecule has 0 spiro atoms. The van der Waals surface area contributed by atoms with Gasteiger partial charge in [0.05, 0.1) is 28.0 Å². The Labute approximate surface area is 229 Å². The molecular formula is C28H35Cl2N3O4. The Balaban J connectivity index is 1.24. The predicted molar refractivity (Wildman–Crippen MR) is 148 cm³/mol. The summed E-state index contributed by atoms with van der Waals surface area (Å²) in [5.41, 5.74) is 2.84. The zero-order valence-corrected chi connectivity index (χ0v) is 23.0. The van der Waals surface area contributed by atoms with E-state index in [1.54, 1.807) is 4.90 Å². The molecule has 1 amide bonds. The van der Waals surface area contributed by atoms with E-state index in [0.717, 1.165) is 68.3 Å². The van der Waals surface area contributed by atoms with E-state index in [2.05, 4.69) is 9.80 Å². The Morgan fingerprint density at radius 3 is 2.51 bits per heavy atom. The van der Waals surface area contributed by atoms with Gasteiger partial charge in [-0.1, -0.05) is 49.2 Å². The molecule has 1 saturated heterocycles. The number of hydrogen-bond acceptors (Lipinski definition) is 6. The number of aryl methyl sites for hydroxylation is 1. The molecule has 0 radical (unpaired) electrons. The average Bonchev–Trinajstić information content (AvgIpc) is 2.89. The molecule has 0 N–H and O–H groups in total. The Morgan fingerprint density at radius 1 is 1.00 bits per heavy atom. The molecule has 2 aromatic carbocycles. The van der Waals surface area contributed by atoms with Crippen LogP contribution in [0.2, 0.25) is 10.0 Å². The van der Waals surface area contributed by atoms with E-state index in [0.29, 0.717) is 36.0 Å². The number of fused-ring (bicyclic) bond motifs is 1. The molecule has 1 fully saturated rings. The van der Waals surface area contributed by atoms with E-state index in [4.69, 9.17) is 32.7 Å². The molecule has 4 rings (SSSR count). The number of ether oxygens (including phenoxy) is 2. The number of anilines is 2. The number of carbonyl (C=O) groups is 2. The van der Waals surface area contributed by atoms with Crippen molar-refractivity contribution in [2.75, 3.05) is 49.1 Å². The van der Waals surface area contributed by atoms with Crippen molar-refractivity contribution in [2.24, 2.45) is 5.92 Å². The highest BCUT2D eigenvalue weighted by Crippen LogP contribution is 2.35. The maximum absolute atomic E-state index is 12.7. The molecule has 2 aromatic rings. The molecule has 7 nitrogen and oxygen atoms in total. The molecule has 2 aliphatic heterocycles. The molecule has 200 valence electrons. The van der Waals surface area contributed by atoms with Crippen LogP contribution in [0.25, 0.3) is 0 Å². The van der Waals surface area contributed by atoms with Crippen LogP contribution in [-0.4, -0.2) is 62.8 Å². The second-order valence-electron chi connectivity index (χ2n) is 9.88. The maximum Gasteiger partial charge on any atom is 0.295 e. The van der Waals surface area contributed by atoms with Crippen LogP contribution in [0, 0.1) is 5.92 Å². The van der Waals surface area contributed by atoms with Crippen LogP contribution in [-0.2, 0) is 20.7 Å². The largest absolute Gasteiger partial charge is 0.494 e. The van der Waals surface area contributed by atoms with Gasteiger partial charge in [-0.15, -0.1) is 0 Å². The minimum absolute atomic E-state index is 0.0333. The summed E-state index contributed by atoms with van der Waals surface area (Å²) in [6.45, 7) is 9.72. The van der Waals surface area contributed by atoms with Crippen molar-refractivity contribution < 1.29 is 19.1 Å². The lowest BCUT2D eigenvalue weighted by Crippen LogP contribution is -2.47. The first-order chi connectivity index (χ1) is 17.9. The molecule has 2 heterocycles. The number of nitrogens with zero attached hydrogens (tertiary/aromatic N) is 3. The number of rotatable bonds is 11. The third kappa shape index (κ3) is 6.70. The van der Waals surface area contributed by atoms with Crippen LogP contribution in [0.5, 0.6) is 5.75 Å². The van der Waals surface area contributed by atoms with Gasteiger partial charge in [0.1, 0.15) is 5.75 Å². The van der Waals surface area contributed by atoms with Crippen LogP contribution < -0.4 is 14.5 Å². The summed E-state index contributed by atoms with van der Waals surface area (Å²) < 4.78 is 11.3. The zero-order valence-electron chi connectivity index (χ0n) is 21.5. The van der Waals surface area contributed by atoms with Crippen molar-refractivity contribution in [3.8, 4) is 5.75 Å². The fourth-order valence-corrected chi connectivity index (χ4v) is 5.41. The van der Waals surface area contributed by atoms with Gasteiger partial charge in [-0.05, 0) is 49.6 Å². The smallest absolute Gasteiger partial charge is 0.295 e. The number of hydrogen-bond donors (Lipinski definition) is 0. The van der Waals surface area contributed by atoms with Gasteiger partial charge in [0.25, 0.3) is 6.47 Å². The Morgan fingerprint density at radius 2 is 1.78 bits per heavy atom. The van der Waals surface area contributed by atoms with E-state index >= 15 is 0 Å². The summed E-state index contributed by atoms with van der Waals surface area (Å²) in [4.78, 5) is 30.2. The van der Waals surface area contributed by atoms with Crippen LogP contribution >= 0.6 is 23.2 Å². The summed E-state index contributed by atoms with van der Waals surface area (Å²) in [6.07, 6.45) is 2.42. The average molecular weight is 549 g/mol. The molecule has 1 unspecified atom stereocenters. The van der Waals surface area contributed by atoms with Crippen molar-refractivity contribution in [3.05, 3.63) is 52.0 Å². The van der Waals surface area contributed by atoms with Crippen molar-refractivity contribution in [1.82, 2.24) is 4.90 Å². The van der Waals surface area contributed by atoms with Gasteiger partial charge < -0.3 is 14.4 Å². The van der Waals surface area contributed by atoms with Crippen LogP contribution in [0.4, 0.5) is 11.4 Å². The molecule has 2 aliphatic rings. The standard InChI is InChI=1S/C28H35Cl2N3O4/c1-20(2)28(37-19-34)33-25-18-22(10-8-21(25)9-11-26(33)35)36-17-4-3-12-31-13-15-32(16-14-31)24-7-5-6-23(29)27(24)30/h5-8,10,18-20,28H,3-4,9,11-17H2,1-2H3. The Kier molecular flexibility index (Phi) is 9.57. The fourth-order valence-electron chi connectivity index (χ4n) is 4.99. The first kappa shape index (κ1) is 27.6. The van der Waals surface area contributed by atoms with Crippen molar-refractivity contribution in [3.63, 3.8) is 0 Å². The zero-order chi connectivity index (χ0) is 26.4. The third-order valence-electron chi connectivity index (χ3n) is 6.99. The SMILES string of the molecule is CC(C)C(OC=O)N1C(=O)CCc2ccc(OCCCCN3CCN(c4cccc(Cl)c4Cl)CC3)cc21. The van der Waals surface area contributed by atoms with Gasteiger partial charge in [-0.25, -0.2) is 0 Å². The molecule has 37 heavy (non-hydrogen) atoms. The van der Waals surface area contributed by atoms with E-state index in [-0.39, 0.29) is 11.8 Å². The summed E-state index contributed by atoms with van der Waals surface area (Å²) in [5.74, 6) is 0.649. The van der Waals surface area contributed by atoms with Crippen molar-refractivity contribution >= 4 is 47.0 Å². The number of unbranched alkanes of at least 4 members (excludes halogenated alkanes) is 1. The second-order valence-corrected chi connectivity index (χ2v) is 10.7. The minimum Gasteiger partial charge on any atom is -0.494 e. The molecular weight excluding hydrogens is 513 g/mol. The molecule has 0 bridgehead atoms. The number of benzene rings is 2. The van der Waals surface area contributed by atoms with Gasteiger partial charge in [-0.3, -0.25) is 19.4 Å². The van der Waals surface area contributed by atoms with Crippen molar-refractivity contribution in [1.29, 1.82) is 0 Å². The molecule has 9 heteroatoms. The topological polar surface area (TPSA) is 62.3 Å². The van der Waals surface area contributed by atoms with Gasteiger partial charge in [0.2, 0.25) is 5.91 Å².